The predicted molar refractivity (Wildman–Crippen MR) is 75.0 cm³/mol. The van der Waals surface area contributed by atoms with E-state index in [-0.39, 0.29) is 6.61 Å². The maximum absolute atomic E-state index is 12.6. The minimum atomic E-state index is -4.37. The lowest BCUT2D eigenvalue weighted by Crippen LogP contribution is -2.19. The molecule has 2 rings (SSSR count). The van der Waals surface area contributed by atoms with E-state index in [4.69, 9.17) is 10.5 Å². The number of halogens is 3. The lowest BCUT2D eigenvalue weighted by molar-refractivity contribution is -0.137. The Morgan fingerprint density at radius 3 is 2.38 bits per heavy atom. The van der Waals surface area contributed by atoms with Crippen molar-refractivity contribution in [3.05, 3.63) is 65.2 Å². The van der Waals surface area contributed by atoms with Crippen LogP contribution in [-0.4, -0.2) is 6.61 Å². The maximum Gasteiger partial charge on any atom is 0.416 e. The highest BCUT2D eigenvalue weighted by Crippen LogP contribution is 2.30. The van der Waals surface area contributed by atoms with Crippen molar-refractivity contribution in [2.75, 3.05) is 6.61 Å². The molecule has 0 aliphatic heterocycles. The van der Waals surface area contributed by atoms with Crippen LogP contribution in [0.15, 0.2) is 48.5 Å². The molecule has 0 radical (unpaired) electrons. The number of rotatable bonds is 4. The predicted octanol–water partition coefficient (Wildman–Crippen LogP) is 4.09. The first-order valence-electron chi connectivity index (χ1n) is 6.48. The van der Waals surface area contributed by atoms with Gasteiger partial charge in [0.1, 0.15) is 12.4 Å². The van der Waals surface area contributed by atoms with Gasteiger partial charge in [-0.2, -0.15) is 13.2 Å². The van der Waals surface area contributed by atoms with Crippen LogP contribution >= 0.6 is 0 Å². The van der Waals surface area contributed by atoms with Crippen LogP contribution in [0, 0.1) is 6.92 Å². The van der Waals surface area contributed by atoms with Gasteiger partial charge in [0.25, 0.3) is 0 Å². The van der Waals surface area contributed by atoms with Gasteiger partial charge in [0.15, 0.2) is 0 Å². The van der Waals surface area contributed by atoms with Crippen molar-refractivity contribution in [1.82, 2.24) is 0 Å². The van der Waals surface area contributed by atoms with Gasteiger partial charge in [0, 0.05) is 0 Å². The summed E-state index contributed by atoms with van der Waals surface area (Å²) in [6.45, 7) is 2.07. The van der Waals surface area contributed by atoms with Gasteiger partial charge in [-0.3, -0.25) is 0 Å². The molecule has 0 heterocycles. The zero-order valence-electron chi connectivity index (χ0n) is 11.5. The standard InChI is InChI=1S/C16H16F3NO/c1-11-5-7-14(8-6-11)21-10-15(20)12-3-2-4-13(9-12)16(17,18)19/h2-9,15H,10,20H2,1H3. The highest BCUT2D eigenvalue weighted by Gasteiger charge is 2.30. The summed E-state index contributed by atoms with van der Waals surface area (Å²) >= 11 is 0. The number of hydrogen-bond donors (Lipinski definition) is 1. The summed E-state index contributed by atoms with van der Waals surface area (Å²) in [7, 11) is 0. The lowest BCUT2D eigenvalue weighted by atomic mass is 10.0. The topological polar surface area (TPSA) is 35.2 Å². The number of benzene rings is 2. The number of alkyl halides is 3. The number of hydrogen-bond acceptors (Lipinski definition) is 2. The molecule has 112 valence electrons. The van der Waals surface area contributed by atoms with E-state index in [2.05, 4.69) is 0 Å². The van der Waals surface area contributed by atoms with Crippen molar-refractivity contribution in [3.8, 4) is 5.75 Å². The Balaban J connectivity index is 2.03. The molecule has 0 aromatic heterocycles. The molecular weight excluding hydrogens is 279 g/mol. The van der Waals surface area contributed by atoms with Gasteiger partial charge in [0.05, 0.1) is 11.6 Å². The average molecular weight is 295 g/mol. The summed E-state index contributed by atoms with van der Waals surface area (Å²) in [6.07, 6.45) is -4.37. The molecule has 0 fully saturated rings. The summed E-state index contributed by atoms with van der Waals surface area (Å²) in [6, 6.07) is 11.8. The Morgan fingerprint density at radius 2 is 1.76 bits per heavy atom. The van der Waals surface area contributed by atoms with Crippen molar-refractivity contribution in [2.24, 2.45) is 5.73 Å². The first-order valence-corrected chi connectivity index (χ1v) is 6.48. The second-order valence-corrected chi connectivity index (χ2v) is 4.85. The number of ether oxygens (including phenoxy) is 1. The number of aryl methyl sites for hydroxylation is 1. The molecule has 1 unspecified atom stereocenters. The average Bonchev–Trinajstić information content (AvgIpc) is 2.45. The molecule has 0 aliphatic rings. The van der Waals surface area contributed by atoms with Crippen molar-refractivity contribution in [3.63, 3.8) is 0 Å². The van der Waals surface area contributed by atoms with Crippen LogP contribution in [0.25, 0.3) is 0 Å². The zero-order chi connectivity index (χ0) is 15.5. The summed E-state index contributed by atoms with van der Waals surface area (Å²) in [5, 5.41) is 0. The Hall–Kier alpha value is -2.01. The van der Waals surface area contributed by atoms with Crippen LogP contribution in [-0.2, 0) is 6.18 Å². The van der Waals surface area contributed by atoms with Gasteiger partial charge in [-0.05, 0) is 36.8 Å². The summed E-state index contributed by atoms with van der Waals surface area (Å²) in [4.78, 5) is 0. The third-order valence-electron chi connectivity index (χ3n) is 3.09. The van der Waals surface area contributed by atoms with Crippen LogP contribution in [0.4, 0.5) is 13.2 Å². The highest BCUT2D eigenvalue weighted by atomic mass is 19.4. The fourth-order valence-corrected chi connectivity index (χ4v) is 1.86. The lowest BCUT2D eigenvalue weighted by Gasteiger charge is -2.15. The van der Waals surface area contributed by atoms with E-state index in [0.717, 1.165) is 17.7 Å². The van der Waals surface area contributed by atoms with Crippen molar-refractivity contribution < 1.29 is 17.9 Å². The molecule has 21 heavy (non-hydrogen) atoms. The fraction of sp³-hybridized carbons (Fsp3) is 0.250. The molecular formula is C16H16F3NO. The largest absolute Gasteiger partial charge is 0.492 e. The molecule has 0 saturated heterocycles. The SMILES string of the molecule is Cc1ccc(OCC(N)c2cccc(C(F)(F)F)c2)cc1. The molecule has 1 atom stereocenters. The molecule has 0 amide bonds. The van der Waals surface area contributed by atoms with E-state index in [1.54, 1.807) is 18.2 Å². The summed E-state index contributed by atoms with van der Waals surface area (Å²) < 4.78 is 43.4. The van der Waals surface area contributed by atoms with E-state index in [1.165, 1.54) is 6.07 Å². The third kappa shape index (κ3) is 4.23. The van der Waals surface area contributed by atoms with E-state index in [1.807, 2.05) is 19.1 Å². The fourth-order valence-electron chi connectivity index (χ4n) is 1.86. The van der Waals surface area contributed by atoms with Gasteiger partial charge in [-0.1, -0.05) is 29.8 Å². The monoisotopic (exact) mass is 295 g/mol. The second kappa shape index (κ2) is 6.18. The highest BCUT2D eigenvalue weighted by molar-refractivity contribution is 5.29. The van der Waals surface area contributed by atoms with Gasteiger partial charge in [-0.15, -0.1) is 0 Å². The van der Waals surface area contributed by atoms with E-state index < -0.39 is 17.8 Å². The minimum absolute atomic E-state index is 0.115. The minimum Gasteiger partial charge on any atom is -0.492 e. The van der Waals surface area contributed by atoms with Crippen molar-refractivity contribution in [2.45, 2.75) is 19.1 Å². The summed E-state index contributed by atoms with van der Waals surface area (Å²) in [5.41, 5.74) is 6.69. The molecule has 2 aromatic carbocycles. The van der Waals surface area contributed by atoms with Gasteiger partial charge >= 0.3 is 6.18 Å². The van der Waals surface area contributed by atoms with Crippen LogP contribution < -0.4 is 10.5 Å². The van der Waals surface area contributed by atoms with E-state index >= 15 is 0 Å². The molecule has 5 heteroatoms. The quantitative estimate of drug-likeness (QED) is 0.922. The smallest absolute Gasteiger partial charge is 0.416 e. The second-order valence-electron chi connectivity index (χ2n) is 4.85. The van der Waals surface area contributed by atoms with Gasteiger partial charge < -0.3 is 10.5 Å². The summed E-state index contributed by atoms with van der Waals surface area (Å²) in [5.74, 6) is 0.642. The number of nitrogens with two attached hydrogens (primary N) is 1. The molecule has 0 bridgehead atoms. The van der Waals surface area contributed by atoms with Gasteiger partial charge in [0.2, 0.25) is 0 Å². The van der Waals surface area contributed by atoms with Crippen LogP contribution in [0.1, 0.15) is 22.7 Å². The van der Waals surface area contributed by atoms with Gasteiger partial charge in [-0.25, -0.2) is 0 Å². The Labute approximate surface area is 121 Å². The zero-order valence-corrected chi connectivity index (χ0v) is 11.5. The molecule has 0 aliphatic carbocycles. The Morgan fingerprint density at radius 1 is 1.10 bits per heavy atom. The molecule has 0 spiro atoms. The van der Waals surface area contributed by atoms with Crippen molar-refractivity contribution in [1.29, 1.82) is 0 Å². The first kappa shape index (κ1) is 15.4. The normalized spacial score (nSPS) is 13.0. The molecule has 0 saturated carbocycles. The van der Waals surface area contributed by atoms with Crippen molar-refractivity contribution >= 4 is 0 Å². The molecule has 2 N–H and O–H groups in total. The van der Waals surface area contributed by atoms with E-state index in [0.29, 0.717) is 11.3 Å². The Bertz CT molecular complexity index is 593. The molecule has 2 aromatic rings. The Kier molecular flexibility index (Phi) is 4.53. The maximum atomic E-state index is 12.6. The molecule has 2 nitrogen and oxygen atoms in total. The van der Waals surface area contributed by atoms with Crippen LogP contribution in [0.3, 0.4) is 0 Å². The first-order chi connectivity index (χ1) is 9.86. The van der Waals surface area contributed by atoms with E-state index in [9.17, 15) is 13.2 Å². The third-order valence-corrected chi connectivity index (χ3v) is 3.09. The van der Waals surface area contributed by atoms with Crippen LogP contribution in [0.5, 0.6) is 5.75 Å². The van der Waals surface area contributed by atoms with Crippen LogP contribution in [0.2, 0.25) is 0 Å².